The number of allylic oxidation sites excluding steroid dienone is 1. The van der Waals surface area contributed by atoms with E-state index in [9.17, 15) is 4.79 Å². The van der Waals surface area contributed by atoms with Crippen LogP contribution in [0.5, 0.6) is 0 Å². The molecule has 0 heterocycles. The Morgan fingerprint density at radius 3 is 2.60 bits per heavy atom. The van der Waals surface area contributed by atoms with E-state index in [2.05, 4.69) is 0 Å². The smallest absolute Gasteiger partial charge is 0.188 e. The van der Waals surface area contributed by atoms with Crippen LogP contribution in [0.15, 0.2) is 30.5 Å². The molecule has 80 valence electrons. The summed E-state index contributed by atoms with van der Waals surface area (Å²) in [5.74, 6) is -0.156. The summed E-state index contributed by atoms with van der Waals surface area (Å²) in [5, 5.41) is 0.911. The topological polar surface area (TPSA) is 20.3 Å². The van der Waals surface area contributed by atoms with Crippen LogP contribution < -0.4 is 0 Å². The number of carbonyl (C=O) groups is 1. The van der Waals surface area contributed by atoms with Crippen molar-refractivity contribution in [1.82, 2.24) is 4.90 Å². The van der Waals surface area contributed by atoms with Gasteiger partial charge in [0.2, 0.25) is 0 Å². The average Bonchev–Trinajstić information content (AvgIpc) is 2.18. The number of hydrogen-bond acceptors (Lipinski definition) is 2. The van der Waals surface area contributed by atoms with E-state index in [0.717, 1.165) is 0 Å². The molecule has 1 aromatic carbocycles. The number of nitrogens with zero attached hydrogens (tertiary/aromatic N) is 1. The van der Waals surface area contributed by atoms with E-state index in [1.165, 1.54) is 6.08 Å². The minimum atomic E-state index is -0.156. The number of benzene rings is 1. The molecule has 0 aliphatic carbocycles. The first kappa shape index (κ1) is 12.1. The van der Waals surface area contributed by atoms with Gasteiger partial charge in [-0.05, 0) is 18.2 Å². The third-order valence-corrected chi connectivity index (χ3v) is 2.28. The van der Waals surface area contributed by atoms with Gasteiger partial charge in [0.15, 0.2) is 5.78 Å². The van der Waals surface area contributed by atoms with E-state index in [4.69, 9.17) is 23.2 Å². The van der Waals surface area contributed by atoms with Crippen LogP contribution in [-0.2, 0) is 0 Å². The second kappa shape index (κ2) is 5.19. The Morgan fingerprint density at radius 2 is 2.00 bits per heavy atom. The number of halogens is 2. The lowest BCUT2D eigenvalue weighted by Crippen LogP contribution is -2.03. The second-order valence-corrected chi connectivity index (χ2v) is 4.11. The highest BCUT2D eigenvalue weighted by Gasteiger charge is 2.07. The predicted octanol–water partition coefficient (Wildman–Crippen LogP) is 3.25. The molecule has 0 aliphatic rings. The normalized spacial score (nSPS) is 10.7. The molecule has 0 saturated heterocycles. The third-order valence-electron chi connectivity index (χ3n) is 1.72. The largest absolute Gasteiger partial charge is 0.383 e. The Morgan fingerprint density at radius 1 is 1.33 bits per heavy atom. The van der Waals surface area contributed by atoms with Gasteiger partial charge in [-0.2, -0.15) is 0 Å². The maximum Gasteiger partial charge on any atom is 0.188 e. The average molecular weight is 244 g/mol. The van der Waals surface area contributed by atoms with E-state index >= 15 is 0 Å². The molecule has 2 nitrogen and oxygen atoms in total. The van der Waals surface area contributed by atoms with Gasteiger partial charge in [0, 0.05) is 37.0 Å². The quantitative estimate of drug-likeness (QED) is 0.600. The van der Waals surface area contributed by atoms with Gasteiger partial charge in [-0.3, -0.25) is 4.79 Å². The van der Waals surface area contributed by atoms with Gasteiger partial charge in [0.25, 0.3) is 0 Å². The van der Waals surface area contributed by atoms with Crippen molar-refractivity contribution in [2.75, 3.05) is 14.1 Å². The molecule has 0 fully saturated rings. The highest BCUT2D eigenvalue weighted by Crippen LogP contribution is 2.21. The zero-order chi connectivity index (χ0) is 11.4. The van der Waals surface area contributed by atoms with Crippen molar-refractivity contribution in [3.8, 4) is 0 Å². The summed E-state index contributed by atoms with van der Waals surface area (Å²) in [4.78, 5) is 13.4. The van der Waals surface area contributed by atoms with Crippen molar-refractivity contribution in [3.05, 3.63) is 46.1 Å². The summed E-state index contributed by atoms with van der Waals surface area (Å²) in [6.07, 6.45) is 3.12. The molecule has 0 radical (unpaired) electrons. The molecule has 1 rings (SSSR count). The molecule has 0 aromatic heterocycles. The van der Waals surface area contributed by atoms with Gasteiger partial charge in [0.05, 0.1) is 5.02 Å². The fourth-order valence-electron chi connectivity index (χ4n) is 0.993. The minimum absolute atomic E-state index is 0.156. The molecule has 0 unspecified atom stereocenters. The molecule has 0 saturated carbocycles. The summed E-state index contributed by atoms with van der Waals surface area (Å²) in [7, 11) is 3.67. The van der Waals surface area contributed by atoms with Crippen LogP contribution in [0.2, 0.25) is 10.0 Å². The molecule has 15 heavy (non-hydrogen) atoms. The number of hydrogen-bond donors (Lipinski definition) is 0. The van der Waals surface area contributed by atoms with Crippen molar-refractivity contribution in [2.24, 2.45) is 0 Å². The first-order chi connectivity index (χ1) is 7.00. The molecular weight excluding hydrogens is 233 g/mol. The molecule has 0 bridgehead atoms. The van der Waals surface area contributed by atoms with E-state index in [0.29, 0.717) is 15.6 Å². The van der Waals surface area contributed by atoms with Crippen LogP contribution in [0.4, 0.5) is 0 Å². The summed E-state index contributed by atoms with van der Waals surface area (Å²) in [6, 6.07) is 4.82. The van der Waals surface area contributed by atoms with Crippen LogP contribution in [0.25, 0.3) is 0 Å². The van der Waals surface area contributed by atoms with Crippen molar-refractivity contribution in [3.63, 3.8) is 0 Å². The van der Waals surface area contributed by atoms with Crippen LogP contribution in [0.3, 0.4) is 0 Å². The Hall–Kier alpha value is -0.990. The molecular formula is C11H11Cl2NO. The van der Waals surface area contributed by atoms with Gasteiger partial charge < -0.3 is 4.90 Å². The first-order valence-corrected chi connectivity index (χ1v) is 5.10. The van der Waals surface area contributed by atoms with Crippen molar-refractivity contribution < 1.29 is 4.79 Å². The lowest BCUT2D eigenvalue weighted by molar-refractivity contribution is 0.104. The zero-order valence-corrected chi connectivity index (χ0v) is 10.0. The molecule has 0 N–H and O–H groups in total. The molecule has 0 atom stereocenters. The Bertz CT molecular complexity index is 400. The van der Waals surface area contributed by atoms with E-state index < -0.39 is 0 Å². The highest BCUT2D eigenvalue weighted by atomic mass is 35.5. The Balaban J connectivity index is 2.96. The van der Waals surface area contributed by atoms with Crippen molar-refractivity contribution in [2.45, 2.75) is 0 Å². The third kappa shape index (κ3) is 3.57. The Kier molecular flexibility index (Phi) is 4.18. The van der Waals surface area contributed by atoms with Gasteiger partial charge >= 0.3 is 0 Å². The fraction of sp³-hybridized carbons (Fsp3) is 0.182. The van der Waals surface area contributed by atoms with Crippen molar-refractivity contribution >= 4 is 29.0 Å². The summed E-state index contributed by atoms with van der Waals surface area (Å²) in [5.41, 5.74) is 0.419. The standard InChI is InChI=1S/C11H11Cl2NO/c1-14(2)6-5-11(15)9-7-8(12)3-4-10(9)13/h3-7H,1-2H3/b6-5+. The van der Waals surface area contributed by atoms with Crippen LogP contribution in [0, 0.1) is 0 Å². The lowest BCUT2D eigenvalue weighted by Gasteiger charge is -2.04. The van der Waals surface area contributed by atoms with Crippen LogP contribution in [0.1, 0.15) is 10.4 Å². The molecule has 0 amide bonds. The van der Waals surface area contributed by atoms with Crippen LogP contribution in [-0.4, -0.2) is 24.8 Å². The number of rotatable bonds is 3. The molecule has 4 heteroatoms. The van der Waals surface area contributed by atoms with E-state index in [1.807, 2.05) is 14.1 Å². The highest BCUT2D eigenvalue weighted by molar-refractivity contribution is 6.36. The SMILES string of the molecule is CN(C)/C=C/C(=O)c1cc(Cl)ccc1Cl. The second-order valence-electron chi connectivity index (χ2n) is 3.27. The predicted molar refractivity (Wildman–Crippen MR) is 63.6 cm³/mol. The van der Waals surface area contributed by atoms with Gasteiger partial charge in [-0.1, -0.05) is 23.2 Å². The maximum absolute atomic E-state index is 11.7. The maximum atomic E-state index is 11.7. The Labute approximate surface area is 99.1 Å². The minimum Gasteiger partial charge on any atom is -0.383 e. The van der Waals surface area contributed by atoms with Crippen molar-refractivity contribution in [1.29, 1.82) is 0 Å². The fourth-order valence-corrected chi connectivity index (χ4v) is 1.38. The number of ketones is 1. The molecule has 0 spiro atoms. The van der Waals surface area contributed by atoms with E-state index in [-0.39, 0.29) is 5.78 Å². The molecule has 1 aromatic rings. The van der Waals surface area contributed by atoms with Gasteiger partial charge in [-0.25, -0.2) is 0 Å². The summed E-state index contributed by atoms with van der Waals surface area (Å²) in [6.45, 7) is 0. The first-order valence-electron chi connectivity index (χ1n) is 4.34. The monoisotopic (exact) mass is 243 g/mol. The number of carbonyl (C=O) groups excluding carboxylic acids is 1. The van der Waals surface area contributed by atoms with Gasteiger partial charge in [0.1, 0.15) is 0 Å². The van der Waals surface area contributed by atoms with Gasteiger partial charge in [-0.15, -0.1) is 0 Å². The summed E-state index contributed by atoms with van der Waals surface area (Å²) >= 11 is 11.7. The lowest BCUT2D eigenvalue weighted by atomic mass is 10.1. The van der Waals surface area contributed by atoms with E-state index in [1.54, 1.807) is 29.3 Å². The zero-order valence-electron chi connectivity index (χ0n) is 8.50. The summed E-state index contributed by atoms with van der Waals surface area (Å²) < 4.78 is 0. The van der Waals surface area contributed by atoms with Crippen LogP contribution >= 0.6 is 23.2 Å². The molecule has 0 aliphatic heterocycles.